The summed E-state index contributed by atoms with van der Waals surface area (Å²) in [4.78, 5) is 23.6. The Balaban J connectivity index is 3.25. The lowest BCUT2D eigenvalue weighted by Crippen LogP contribution is -2.35. The quantitative estimate of drug-likeness (QED) is 0.637. The van der Waals surface area contributed by atoms with Crippen LogP contribution in [-0.4, -0.2) is 30.1 Å². The number of rotatable bonds is 5. The number of amides is 1. The standard InChI is InChI=1S/C11H15N3O3/c1-2-14(6-9(13)15)10-7(11(16)17)4-3-5-8(10)12/h3-5H,2,6,12H2,1H3,(H2,13,15)(H,16,17). The van der Waals surface area contributed by atoms with E-state index in [1.807, 2.05) is 0 Å². The van der Waals surface area contributed by atoms with Gasteiger partial charge in [-0.05, 0) is 19.1 Å². The SMILES string of the molecule is CCN(CC(N)=O)c1c(N)cccc1C(=O)O. The number of para-hydroxylation sites is 1. The van der Waals surface area contributed by atoms with Crippen LogP contribution < -0.4 is 16.4 Å². The van der Waals surface area contributed by atoms with Gasteiger partial charge in [-0.25, -0.2) is 4.79 Å². The van der Waals surface area contributed by atoms with E-state index in [1.54, 1.807) is 24.0 Å². The van der Waals surface area contributed by atoms with E-state index >= 15 is 0 Å². The normalized spacial score (nSPS) is 9.94. The van der Waals surface area contributed by atoms with E-state index in [-0.39, 0.29) is 12.1 Å². The maximum Gasteiger partial charge on any atom is 0.337 e. The van der Waals surface area contributed by atoms with Crippen molar-refractivity contribution in [1.82, 2.24) is 0 Å². The average molecular weight is 237 g/mol. The first kappa shape index (κ1) is 12.8. The van der Waals surface area contributed by atoms with Gasteiger partial charge in [0.2, 0.25) is 5.91 Å². The number of carboxylic acid groups (broad SMARTS) is 1. The summed E-state index contributed by atoms with van der Waals surface area (Å²) in [6.45, 7) is 2.17. The van der Waals surface area contributed by atoms with E-state index in [0.29, 0.717) is 17.9 Å². The lowest BCUT2D eigenvalue weighted by molar-refractivity contribution is -0.116. The summed E-state index contributed by atoms with van der Waals surface area (Å²) >= 11 is 0. The predicted octanol–water partition coefficient (Wildman–Crippen LogP) is 0.279. The molecule has 0 aromatic heterocycles. The molecular weight excluding hydrogens is 222 g/mol. The number of primary amides is 1. The van der Waals surface area contributed by atoms with Crippen LogP contribution in [0.15, 0.2) is 18.2 Å². The Morgan fingerprint density at radius 1 is 1.41 bits per heavy atom. The second kappa shape index (κ2) is 5.20. The molecule has 5 N–H and O–H groups in total. The molecule has 0 fully saturated rings. The summed E-state index contributed by atoms with van der Waals surface area (Å²) in [5, 5.41) is 9.07. The number of carboxylic acids is 1. The van der Waals surface area contributed by atoms with E-state index in [1.165, 1.54) is 6.07 Å². The highest BCUT2D eigenvalue weighted by Gasteiger charge is 2.18. The first-order valence-corrected chi connectivity index (χ1v) is 5.12. The molecule has 0 spiro atoms. The Hall–Kier alpha value is -2.24. The molecule has 17 heavy (non-hydrogen) atoms. The van der Waals surface area contributed by atoms with Crippen molar-refractivity contribution in [2.24, 2.45) is 5.73 Å². The lowest BCUT2D eigenvalue weighted by atomic mass is 10.1. The maximum atomic E-state index is 11.1. The van der Waals surface area contributed by atoms with Crippen LogP contribution in [0.25, 0.3) is 0 Å². The van der Waals surface area contributed by atoms with Gasteiger partial charge in [-0.1, -0.05) is 6.07 Å². The predicted molar refractivity (Wildman–Crippen MR) is 64.9 cm³/mol. The van der Waals surface area contributed by atoms with E-state index in [2.05, 4.69) is 0 Å². The largest absolute Gasteiger partial charge is 0.478 e. The Labute approximate surface area is 98.8 Å². The fraction of sp³-hybridized carbons (Fsp3) is 0.273. The molecule has 1 aromatic rings. The monoisotopic (exact) mass is 237 g/mol. The number of anilines is 2. The molecule has 0 aliphatic carbocycles. The number of carbonyl (C=O) groups is 2. The third-order valence-corrected chi connectivity index (χ3v) is 2.34. The van der Waals surface area contributed by atoms with E-state index in [9.17, 15) is 9.59 Å². The minimum Gasteiger partial charge on any atom is -0.478 e. The summed E-state index contributed by atoms with van der Waals surface area (Å²) in [5.74, 6) is -1.62. The van der Waals surface area contributed by atoms with Crippen LogP contribution in [0.1, 0.15) is 17.3 Å². The number of benzene rings is 1. The number of nitrogens with zero attached hydrogens (tertiary/aromatic N) is 1. The van der Waals surface area contributed by atoms with Crippen molar-refractivity contribution in [3.05, 3.63) is 23.8 Å². The molecule has 6 heteroatoms. The number of hydrogen-bond donors (Lipinski definition) is 3. The molecule has 1 rings (SSSR count). The Morgan fingerprint density at radius 3 is 2.53 bits per heavy atom. The maximum absolute atomic E-state index is 11.1. The molecule has 1 amide bonds. The molecule has 0 atom stereocenters. The first-order chi connectivity index (χ1) is 7.97. The third kappa shape index (κ3) is 2.87. The molecule has 0 saturated carbocycles. The zero-order chi connectivity index (χ0) is 13.0. The van der Waals surface area contributed by atoms with Crippen molar-refractivity contribution < 1.29 is 14.7 Å². The van der Waals surface area contributed by atoms with Crippen molar-refractivity contribution in [3.63, 3.8) is 0 Å². The highest BCUT2D eigenvalue weighted by molar-refractivity contribution is 5.98. The number of hydrogen-bond acceptors (Lipinski definition) is 4. The van der Waals surface area contributed by atoms with Crippen molar-refractivity contribution >= 4 is 23.3 Å². The van der Waals surface area contributed by atoms with E-state index in [0.717, 1.165) is 0 Å². The molecule has 0 aliphatic rings. The topological polar surface area (TPSA) is 110 Å². The van der Waals surface area contributed by atoms with Gasteiger partial charge in [0.15, 0.2) is 0 Å². The number of nitrogens with two attached hydrogens (primary N) is 2. The second-order valence-corrected chi connectivity index (χ2v) is 3.53. The van der Waals surface area contributed by atoms with Crippen LogP contribution in [0.2, 0.25) is 0 Å². The number of carbonyl (C=O) groups excluding carboxylic acids is 1. The van der Waals surface area contributed by atoms with E-state index < -0.39 is 11.9 Å². The zero-order valence-corrected chi connectivity index (χ0v) is 9.51. The smallest absolute Gasteiger partial charge is 0.337 e. The molecule has 92 valence electrons. The molecule has 0 saturated heterocycles. The fourth-order valence-corrected chi connectivity index (χ4v) is 1.62. The van der Waals surface area contributed by atoms with Gasteiger partial charge >= 0.3 is 5.97 Å². The second-order valence-electron chi connectivity index (χ2n) is 3.53. The Kier molecular flexibility index (Phi) is 3.92. The van der Waals surface area contributed by atoms with Crippen molar-refractivity contribution in [3.8, 4) is 0 Å². The lowest BCUT2D eigenvalue weighted by Gasteiger charge is -2.24. The summed E-state index contributed by atoms with van der Waals surface area (Å²) < 4.78 is 0. The van der Waals surface area contributed by atoms with Gasteiger partial charge in [0, 0.05) is 6.54 Å². The molecule has 0 bridgehead atoms. The molecule has 0 aliphatic heterocycles. The van der Waals surface area contributed by atoms with Crippen molar-refractivity contribution in [2.45, 2.75) is 6.92 Å². The molecule has 1 aromatic carbocycles. The summed E-state index contributed by atoms with van der Waals surface area (Å²) in [6, 6.07) is 4.59. The summed E-state index contributed by atoms with van der Waals surface area (Å²) in [7, 11) is 0. The molecule has 0 unspecified atom stereocenters. The molecule has 0 radical (unpaired) electrons. The van der Waals surface area contributed by atoms with Gasteiger partial charge in [0.25, 0.3) is 0 Å². The van der Waals surface area contributed by atoms with Gasteiger partial charge in [-0.15, -0.1) is 0 Å². The Morgan fingerprint density at radius 2 is 2.06 bits per heavy atom. The van der Waals surface area contributed by atoms with Gasteiger partial charge in [0.1, 0.15) is 0 Å². The van der Waals surface area contributed by atoms with Crippen molar-refractivity contribution in [1.29, 1.82) is 0 Å². The van der Waals surface area contributed by atoms with E-state index in [4.69, 9.17) is 16.6 Å². The molecule has 6 nitrogen and oxygen atoms in total. The number of likely N-dealkylation sites (N-methyl/N-ethyl adjacent to an activating group) is 1. The average Bonchev–Trinajstić information content (AvgIpc) is 2.25. The van der Waals surface area contributed by atoms with Crippen LogP contribution in [0.3, 0.4) is 0 Å². The van der Waals surface area contributed by atoms with Crippen molar-refractivity contribution in [2.75, 3.05) is 23.7 Å². The van der Waals surface area contributed by atoms with Crippen LogP contribution in [-0.2, 0) is 4.79 Å². The zero-order valence-electron chi connectivity index (χ0n) is 9.51. The van der Waals surface area contributed by atoms with Gasteiger partial charge in [-0.2, -0.15) is 0 Å². The highest BCUT2D eigenvalue weighted by Crippen LogP contribution is 2.27. The fourth-order valence-electron chi connectivity index (χ4n) is 1.62. The summed E-state index contributed by atoms with van der Waals surface area (Å²) in [6.07, 6.45) is 0. The van der Waals surface area contributed by atoms with Gasteiger partial charge in [-0.3, -0.25) is 4.79 Å². The molecule has 0 heterocycles. The van der Waals surface area contributed by atoms with Gasteiger partial charge < -0.3 is 21.5 Å². The highest BCUT2D eigenvalue weighted by atomic mass is 16.4. The minimum atomic E-state index is -1.09. The number of aromatic carboxylic acids is 1. The van der Waals surface area contributed by atoms with Crippen LogP contribution in [0.4, 0.5) is 11.4 Å². The van der Waals surface area contributed by atoms with Crippen LogP contribution >= 0.6 is 0 Å². The number of nitrogen functional groups attached to an aromatic ring is 1. The Bertz CT molecular complexity index is 446. The first-order valence-electron chi connectivity index (χ1n) is 5.12. The third-order valence-electron chi connectivity index (χ3n) is 2.34. The van der Waals surface area contributed by atoms with Crippen LogP contribution in [0.5, 0.6) is 0 Å². The van der Waals surface area contributed by atoms with Gasteiger partial charge in [0.05, 0.1) is 23.5 Å². The molecular formula is C11H15N3O3. The van der Waals surface area contributed by atoms with Crippen LogP contribution in [0, 0.1) is 0 Å². The summed E-state index contributed by atoms with van der Waals surface area (Å²) in [5.41, 5.74) is 11.6. The minimum absolute atomic E-state index is 0.0631.